The van der Waals surface area contributed by atoms with Gasteiger partial charge in [-0.2, -0.15) is 0 Å². The van der Waals surface area contributed by atoms with E-state index in [-0.39, 0.29) is 12.2 Å². The van der Waals surface area contributed by atoms with Crippen molar-refractivity contribution in [2.75, 3.05) is 19.7 Å². The third kappa shape index (κ3) is 4.53. The van der Waals surface area contributed by atoms with Crippen LogP contribution >= 0.6 is 0 Å². The van der Waals surface area contributed by atoms with Gasteiger partial charge in [-0.1, -0.05) is 30.3 Å². The molecule has 1 saturated heterocycles. The first kappa shape index (κ1) is 14.9. The fourth-order valence-corrected chi connectivity index (χ4v) is 2.42. The van der Waals surface area contributed by atoms with Crippen LogP contribution in [-0.4, -0.2) is 36.8 Å². The van der Waals surface area contributed by atoms with Gasteiger partial charge in [0.05, 0.1) is 19.3 Å². The second-order valence-electron chi connectivity index (χ2n) is 5.04. The normalized spacial score (nSPS) is 19.4. The number of benzene rings is 1. The van der Waals surface area contributed by atoms with E-state index < -0.39 is 0 Å². The second-order valence-corrected chi connectivity index (χ2v) is 5.04. The van der Waals surface area contributed by atoms with Crippen LogP contribution in [-0.2, 0) is 16.1 Å². The van der Waals surface area contributed by atoms with Crippen LogP contribution in [0.2, 0.25) is 0 Å². The molecule has 0 aliphatic carbocycles. The van der Waals surface area contributed by atoms with Gasteiger partial charge in [-0.25, -0.2) is 4.79 Å². The minimum atomic E-state index is -0.198. The highest BCUT2D eigenvalue weighted by Crippen LogP contribution is 2.16. The monoisotopic (exact) mass is 277 g/mol. The van der Waals surface area contributed by atoms with Crippen molar-refractivity contribution >= 4 is 6.09 Å². The van der Waals surface area contributed by atoms with Gasteiger partial charge in [0.15, 0.2) is 0 Å². The molecule has 0 spiro atoms. The quantitative estimate of drug-likeness (QED) is 0.848. The predicted octanol–water partition coefficient (Wildman–Crippen LogP) is 3.21. The molecule has 1 amide bonds. The average molecular weight is 277 g/mol. The van der Waals surface area contributed by atoms with E-state index in [4.69, 9.17) is 9.47 Å². The molecule has 1 aromatic rings. The highest BCUT2D eigenvalue weighted by Gasteiger charge is 2.21. The predicted molar refractivity (Wildman–Crippen MR) is 77.5 cm³/mol. The average Bonchev–Trinajstić information content (AvgIpc) is 2.72. The Morgan fingerprint density at radius 3 is 2.80 bits per heavy atom. The number of carbonyl (C=O) groups is 1. The molecule has 1 aliphatic heterocycles. The van der Waals surface area contributed by atoms with Crippen molar-refractivity contribution < 1.29 is 14.3 Å². The summed E-state index contributed by atoms with van der Waals surface area (Å²) in [7, 11) is 0. The molecule has 0 radical (unpaired) electrons. The summed E-state index contributed by atoms with van der Waals surface area (Å²) in [4.78, 5) is 13.5. The number of hydrogen-bond donors (Lipinski definition) is 0. The van der Waals surface area contributed by atoms with Crippen LogP contribution in [0.4, 0.5) is 4.79 Å². The minimum absolute atomic E-state index is 0.198. The molecule has 0 saturated carbocycles. The van der Waals surface area contributed by atoms with Gasteiger partial charge < -0.3 is 14.4 Å². The molecule has 1 atom stereocenters. The van der Waals surface area contributed by atoms with Crippen molar-refractivity contribution in [2.45, 2.75) is 38.9 Å². The van der Waals surface area contributed by atoms with Gasteiger partial charge in [0.1, 0.15) is 0 Å². The Labute approximate surface area is 120 Å². The second kappa shape index (κ2) is 7.90. The van der Waals surface area contributed by atoms with Gasteiger partial charge in [0.25, 0.3) is 0 Å². The van der Waals surface area contributed by atoms with Crippen LogP contribution in [0.5, 0.6) is 0 Å². The SMILES string of the molecule is CCOC(=O)N1CCCC(OCc2ccccc2)CC1. The molecular formula is C16H23NO3. The molecule has 1 heterocycles. The fourth-order valence-electron chi connectivity index (χ4n) is 2.42. The zero-order valence-electron chi connectivity index (χ0n) is 12.1. The van der Waals surface area contributed by atoms with Crippen LogP contribution in [0.1, 0.15) is 31.7 Å². The number of rotatable bonds is 4. The van der Waals surface area contributed by atoms with E-state index in [9.17, 15) is 4.79 Å². The van der Waals surface area contributed by atoms with Crippen LogP contribution in [0.3, 0.4) is 0 Å². The van der Waals surface area contributed by atoms with E-state index >= 15 is 0 Å². The van der Waals surface area contributed by atoms with E-state index in [1.807, 2.05) is 25.1 Å². The lowest BCUT2D eigenvalue weighted by Crippen LogP contribution is -2.32. The summed E-state index contributed by atoms with van der Waals surface area (Å²) in [6.45, 7) is 4.40. The van der Waals surface area contributed by atoms with E-state index in [1.54, 1.807) is 4.90 Å². The Morgan fingerprint density at radius 2 is 2.05 bits per heavy atom. The molecule has 2 rings (SSSR count). The van der Waals surface area contributed by atoms with Gasteiger partial charge in [-0.15, -0.1) is 0 Å². The van der Waals surface area contributed by atoms with Gasteiger partial charge in [0, 0.05) is 13.1 Å². The first-order valence-corrected chi connectivity index (χ1v) is 7.37. The molecule has 1 aromatic carbocycles. The lowest BCUT2D eigenvalue weighted by Gasteiger charge is -2.19. The molecule has 1 aliphatic rings. The van der Waals surface area contributed by atoms with Crippen LogP contribution in [0, 0.1) is 0 Å². The Morgan fingerprint density at radius 1 is 1.25 bits per heavy atom. The zero-order chi connectivity index (χ0) is 14.2. The van der Waals surface area contributed by atoms with Crippen LogP contribution in [0.15, 0.2) is 30.3 Å². The molecule has 20 heavy (non-hydrogen) atoms. The summed E-state index contributed by atoms with van der Waals surface area (Å²) < 4.78 is 11.0. The lowest BCUT2D eigenvalue weighted by molar-refractivity contribution is 0.0309. The molecule has 0 N–H and O–H groups in total. The van der Waals surface area contributed by atoms with Crippen LogP contribution in [0.25, 0.3) is 0 Å². The summed E-state index contributed by atoms with van der Waals surface area (Å²) in [6, 6.07) is 10.2. The van der Waals surface area contributed by atoms with E-state index in [1.165, 1.54) is 5.56 Å². The first-order chi connectivity index (χ1) is 9.79. The van der Waals surface area contributed by atoms with E-state index in [0.717, 1.165) is 32.4 Å². The Kier molecular flexibility index (Phi) is 5.87. The number of nitrogens with zero attached hydrogens (tertiary/aromatic N) is 1. The lowest BCUT2D eigenvalue weighted by atomic mass is 10.1. The largest absolute Gasteiger partial charge is 0.450 e. The highest BCUT2D eigenvalue weighted by atomic mass is 16.6. The molecular weight excluding hydrogens is 254 g/mol. The molecule has 1 unspecified atom stereocenters. The number of likely N-dealkylation sites (tertiary alicyclic amines) is 1. The number of hydrogen-bond acceptors (Lipinski definition) is 3. The van der Waals surface area contributed by atoms with Gasteiger partial charge in [0.2, 0.25) is 0 Å². The number of ether oxygens (including phenoxy) is 2. The topological polar surface area (TPSA) is 38.8 Å². The molecule has 0 bridgehead atoms. The smallest absolute Gasteiger partial charge is 0.409 e. The molecule has 110 valence electrons. The molecule has 0 aromatic heterocycles. The van der Waals surface area contributed by atoms with E-state index in [0.29, 0.717) is 13.2 Å². The van der Waals surface area contributed by atoms with Crippen molar-refractivity contribution in [3.63, 3.8) is 0 Å². The summed E-state index contributed by atoms with van der Waals surface area (Å²) >= 11 is 0. The van der Waals surface area contributed by atoms with Crippen molar-refractivity contribution in [3.8, 4) is 0 Å². The van der Waals surface area contributed by atoms with E-state index in [2.05, 4.69) is 12.1 Å². The molecule has 4 nitrogen and oxygen atoms in total. The van der Waals surface area contributed by atoms with Gasteiger partial charge in [-0.3, -0.25) is 0 Å². The maximum absolute atomic E-state index is 11.7. The Balaban J connectivity index is 1.76. The summed E-state index contributed by atoms with van der Waals surface area (Å²) in [6.07, 6.45) is 2.89. The maximum Gasteiger partial charge on any atom is 0.409 e. The third-order valence-corrected chi connectivity index (χ3v) is 3.53. The third-order valence-electron chi connectivity index (χ3n) is 3.53. The zero-order valence-corrected chi connectivity index (χ0v) is 12.1. The molecule has 4 heteroatoms. The van der Waals surface area contributed by atoms with Crippen LogP contribution < -0.4 is 0 Å². The molecule has 1 fully saturated rings. The summed E-state index contributed by atoms with van der Waals surface area (Å²) in [5, 5.41) is 0. The Hall–Kier alpha value is -1.55. The highest BCUT2D eigenvalue weighted by molar-refractivity contribution is 5.67. The van der Waals surface area contributed by atoms with Gasteiger partial charge >= 0.3 is 6.09 Å². The number of carbonyl (C=O) groups excluding carboxylic acids is 1. The Bertz CT molecular complexity index is 407. The summed E-state index contributed by atoms with van der Waals surface area (Å²) in [5.74, 6) is 0. The van der Waals surface area contributed by atoms with Crippen molar-refractivity contribution in [3.05, 3.63) is 35.9 Å². The maximum atomic E-state index is 11.7. The minimum Gasteiger partial charge on any atom is -0.450 e. The van der Waals surface area contributed by atoms with Crippen molar-refractivity contribution in [1.29, 1.82) is 0 Å². The standard InChI is InChI=1S/C16H23NO3/c1-2-19-16(18)17-11-6-9-15(10-12-17)20-13-14-7-4-3-5-8-14/h3-5,7-8,15H,2,6,9-13H2,1H3. The van der Waals surface area contributed by atoms with Crippen molar-refractivity contribution in [2.24, 2.45) is 0 Å². The van der Waals surface area contributed by atoms with Gasteiger partial charge in [-0.05, 0) is 31.7 Å². The van der Waals surface area contributed by atoms with Crippen molar-refractivity contribution in [1.82, 2.24) is 4.90 Å². The first-order valence-electron chi connectivity index (χ1n) is 7.37. The fraction of sp³-hybridized carbons (Fsp3) is 0.562. The summed E-state index contributed by atoms with van der Waals surface area (Å²) in [5.41, 5.74) is 1.19. The number of amides is 1.